The second kappa shape index (κ2) is 5.02. The van der Waals surface area contributed by atoms with E-state index in [1.807, 2.05) is 11.8 Å². The third-order valence-electron chi connectivity index (χ3n) is 3.31. The van der Waals surface area contributed by atoms with Gasteiger partial charge in [0.1, 0.15) is 5.76 Å². The summed E-state index contributed by atoms with van der Waals surface area (Å²) in [5.41, 5.74) is 4.43. The van der Waals surface area contributed by atoms with Crippen molar-refractivity contribution < 1.29 is 4.42 Å². The monoisotopic (exact) mass is 248 g/mol. The van der Waals surface area contributed by atoms with Gasteiger partial charge in [0.2, 0.25) is 0 Å². The Balaban J connectivity index is 1.57. The Morgan fingerprint density at radius 3 is 3.41 bits per heavy atom. The summed E-state index contributed by atoms with van der Waals surface area (Å²) in [5, 5.41) is 5.72. The molecule has 0 fully saturated rings. The van der Waals surface area contributed by atoms with Gasteiger partial charge in [0.05, 0.1) is 17.5 Å². The maximum Gasteiger partial charge on any atom is 0.108 e. The Morgan fingerprint density at radius 2 is 2.53 bits per heavy atom. The zero-order valence-electron chi connectivity index (χ0n) is 9.69. The van der Waals surface area contributed by atoms with Crippen molar-refractivity contribution in [2.45, 2.75) is 31.7 Å². The van der Waals surface area contributed by atoms with Gasteiger partial charge in [0.25, 0.3) is 0 Å². The molecule has 0 aromatic carbocycles. The third-order valence-corrected chi connectivity index (χ3v) is 3.94. The Kier molecular flexibility index (Phi) is 3.25. The van der Waals surface area contributed by atoms with Crippen LogP contribution in [-0.4, -0.2) is 11.5 Å². The topological polar surface area (TPSA) is 38.1 Å². The molecule has 0 amide bonds. The van der Waals surface area contributed by atoms with E-state index in [1.165, 1.54) is 29.9 Å². The largest absolute Gasteiger partial charge is 0.469 e. The van der Waals surface area contributed by atoms with E-state index in [0.717, 1.165) is 19.4 Å². The number of fused-ring (bicyclic) bond motifs is 1. The average Bonchev–Trinajstić information content (AvgIpc) is 2.99. The lowest BCUT2D eigenvalue weighted by Gasteiger charge is -2.22. The van der Waals surface area contributed by atoms with Gasteiger partial charge in [-0.1, -0.05) is 0 Å². The fourth-order valence-corrected chi connectivity index (χ4v) is 3.03. The summed E-state index contributed by atoms with van der Waals surface area (Å²) in [6, 6.07) is 2.57. The highest BCUT2D eigenvalue weighted by Crippen LogP contribution is 2.30. The Morgan fingerprint density at radius 1 is 1.53 bits per heavy atom. The highest BCUT2D eigenvalue weighted by molar-refractivity contribution is 7.07. The standard InChI is InChI=1S/C13H16N2OS/c1-2-12(11-5-7-16-13(11)3-1)14-6-4-10-8-17-9-15-10/h5,7-9,12,14H,1-4,6H2. The van der Waals surface area contributed by atoms with Crippen molar-refractivity contribution in [2.24, 2.45) is 0 Å². The van der Waals surface area contributed by atoms with Crippen molar-refractivity contribution in [1.29, 1.82) is 0 Å². The highest BCUT2D eigenvalue weighted by Gasteiger charge is 2.21. The first kappa shape index (κ1) is 11.0. The molecule has 0 saturated heterocycles. The van der Waals surface area contributed by atoms with Crippen LogP contribution < -0.4 is 5.32 Å². The number of hydrogen-bond acceptors (Lipinski definition) is 4. The van der Waals surface area contributed by atoms with E-state index in [0.29, 0.717) is 6.04 Å². The van der Waals surface area contributed by atoms with Crippen LogP contribution in [0.4, 0.5) is 0 Å². The van der Waals surface area contributed by atoms with Crippen molar-refractivity contribution in [3.05, 3.63) is 40.2 Å². The number of hydrogen-bond donors (Lipinski definition) is 1. The summed E-state index contributed by atoms with van der Waals surface area (Å²) in [6.07, 6.45) is 6.34. The first-order valence-electron chi connectivity index (χ1n) is 6.10. The molecule has 90 valence electrons. The van der Waals surface area contributed by atoms with Crippen molar-refractivity contribution in [2.75, 3.05) is 6.54 Å². The molecular formula is C13H16N2OS. The minimum absolute atomic E-state index is 0.469. The SMILES string of the molecule is c1cc2c(o1)CCCC2NCCc1cscn1. The number of nitrogens with one attached hydrogen (secondary N) is 1. The molecule has 0 spiro atoms. The van der Waals surface area contributed by atoms with Crippen LogP contribution in [0, 0.1) is 0 Å². The fraction of sp³-hybridized carbons (Fsp3) is 0.462. The van der Waals surface area contributed by atoms with Crippen LogP contribution in [0.1, 0.15) is 35.9 Å². The molecular weight excluding hydrogens is 232 g/mol. The van der Waals surface area contributed by atoms with E-state index in [-0.39, 0.29) is 0 Å². The second-order valence-electron chi connectivity index (χ2n) is 4.43. The highest BCUT2D eigenvalue weighted by atomic mass is 32.1. The molecule has 1 atom stereocenters. The molecule has 4 heteroatoms. The van der Waals surface area contributed by atoms with Crippen LogP contribution in [0.3, 0.4) is 0 Å². The molecule has 1 aliphatic rings. The zero-order chi connectivity index (χ0) is 11.5. The van der Waals surface area contributed by atoms with Crippen molar-refractivity contribution in [3.63, 3.8) is 0 Å². The Bertz CT molecular complexity index is 463. The van der Waals surface area contributed by atoms with Gasteiger partial charge in [-0.15, -0.1) is 11.3 Å². The van der Waals surface area contributed by atoms with Gasteiger partial charge in [-0.3, -0.25) is 0 Å². The summed E-state index contributed by atoms with van der Waals surface area (Å²) < 4.78 is 5.49. The molecule has 1 N–H and O–H groups in total. The zero-order valence-corrected chi connectivity index (χ0v) is 10.5. The molecule has 0 saturated carbocycles. The normalized spacial score (nSPS) is 19.2. The summed E-state index contributed by atoms with van der Waals surface area (Å²) in [4.78, 5) is 4.29. The molecule has 0 bridgehead atoms. The van der Waals surface area contributed by atoms with Gasteiger partial charge in [0, 0.05) is 36.4 Å². The van der Waals surface area contributed by atoms with E-state index in [2.05, 4.69) is 21.7 Å². The van der Waals surface area contributed by atoms with Crippen LogP contribution in [0.2, 0.25) is 0 Å². The van der Waals surface area contributed by atoms with Crippen LogP contribution in [0.15, 0.2) is 27.6 Å². The van der Waals surface area contributed by atoms with Gasteiger partial charge in [-0.2, -0.15) is 0 Å². The van der Waals surface area contributed by atoms with Crippen LogP contribution in [0.25, 0.3) is 0 Å². The molecule has 2 aromatic rings. The Labute approximate surface area is 105 Å². The molecule has 17 heavy (non-hydrogen) atoms. The number of thiazole rings is 1. The summed E-state index contributed by atoms with van der Waals surface area (Å²) >= 11 is 1.66. The first-order valence-corrected chi connectivity index (χ1v) is 7.04. The molecule has 3 nitrogen and oxygen atoms in total. The number of rotatable bonds is 4. The maximum atomic E-state index is 5.49. The summed E-state index contributed by atoms with van der Waals surface area (Å²) in [6.45, 7) is 0.985. The van der Waals surface area contributed by atoms with E-state index in [4.69, 9.17) is 4.42 Å². The van der Waals surface area contributed by atoms with E-state index in [1.54, 1.807) is 11.3 Å². The van der Waals surface area contributed by atoms with Gasteiger partial charge in [-0.25, -0.2) is 4.98 Å². The molecule has 0 aliphatic heterocycles. The minimum atomic E-state index is 0.469. The maximum absolute atomic E-state index is 5.49. The van der Waals surface area contributed by atoms with Crippen LogP contribution in [-0.2, 0) is 12.8 Å². The number of nitrogens with zero attached hydrogens (tertiary/aromatic N) is 1. The minimum Gasteiger partial charge on any atom is -0.469 e. The van der Waals surface area contributed by atoms with Gasteiger partial charge in [-0.05, 0) is 18.9 Å². The molecule has 0 radical (unpaired) electrons. The fourth-order valence-electron chi connectivity index (χ4n) is 2.43. The predicted molar refractivity (Wildman–Crippen MR) is 68.2 cm³/mol. The van der Waals surface area contributed by atoms with Crippen molar-refractivity contribution in [1.82, 2.24) is 10.3 Å². The molecule has 1 unspecified atom stereocenters. The summed E-state index contributed by atoms with van der Waals surface area (Å²) in [5.74, 6) is 1.17. The quantitative estimate of drug-likeness (QED) is 0.904. The Hall–Kier alpha value is -1.13. The van der Waals surface area contributed by atoms with Crippen LogP contribution >= 0.6 is 11.3 Å². The molecule has 2 heterocycles. The van der Waals surface area contributed by atoms with Crippen molar-refractivity contribution in [3.8, 4) is 0 Å². The molecule has 3 rings (SSSR count). The van der Waals surface area contributed by atoms with Crippen molar-refractivity contribution >= 4 is 11.3 Å². The number of furan rings is 1. The lowest BCUT2D eigenvalue weighted by Crippen LogP contribution is -2.26. The van der Waals surface area contributed by atoms with Gasteiger partial charge >= 0.3 is 0 Å². The number of aryl methyl sites for hydroxylation is 1. The lowest BCUT2D eigenvalue weighted by atomic mass is 9.93. The predicted octanol–water partition coefficient (Wildman–Crippen LogP) is 2.95. The second-order valence-corrected chi connectivity index (χ2v) is 5.15. The summed E-state index contributed by atoms with van der Waals surface area (Å²) in [7, 11) is 0. The lowest BCUT2D eigenvalue weighted by molar-refractivity contribution is 0.413. The molecule has 1 aliphatic carbocycles. The molecule has 2 aromatic heterocycles. The van der Waals surface area contributed by atoms with E-state index < -0.39 is 0 Å². The van der Waals surface area contributed by atoms with E-state index in [9.17, 15) is 0 Å². The van der Waals surface area contributed by atoms with Gasteiger partial charge < -0.3 is 9.73 Å². The average molecular weight is 248 g/mol. The van der Waals surface area contributed by atoms with E-state index >= 15 is 0 Å². The number of aromatic nitrogens is 1. The van der Waals surface area contributed by atoms with Gasteiger partial charge in [0.15, 0.2) is 0 Å². The first-order chi connectivity index (χ1) is 8.43. The smallest absolute Gasteiger partial charge is 0.108 e. The third kappa shape index (κ3) is 2.42. The van der Waals surface area contributed by atoms with Crippen LogP contribution in [0.5, 0.6) is 0 Å².